The summed E-state index contributed by atoms with van der Waals surface area (Å²) in [7, 11) is 4.16. The molecule has 6 heteroatoms. The van der Waals surface area contributed by atoms with Gasteiger partial charge in [-0.15, -0.1) is 11.3 Å². The molecule has 2 N–H and O–H groups in total. The van der Waals surface area contributed by atoms with E-state index in [-0.39, 0.29) is 17.4 Å². The van der Waals surface area contributed by atoms with Crippen molar-refractivity contribution in [3.63, 3.8) is 0 Å². The van der Waals surface area contributed by atoms with Gasteiger partial charge in [0.15, 0.2) is 0 Å². The van der Waals surface area contributed by atoms with Crippen molar-refractivity contribution in [3.05, 3.63) is 52.2 Å². The maximum atomic E-state index is 12.6. The first kappa shape index (κ1) is 18.6. The lowest BCUT2D eigenvalue weighted by Gasteiger charge is -2.36. The Labute approximate surface area is 158 Å². The van der Waals surface area contributed by atoms with Crippen molar-refractivity contribution in [2.24, 2.45) is 0 Å². The van der Waals surface area contributed by atoms with Gasteiger partial charge in [-0.25, -0.2) is 0 Å². The molecule has 1 aromatic carbocycles. The van der Waals surface area contributed by atoms with Crippen molar-refractivity contribution in [1.29, 1.82) is 0 Å². The van der Waals surface area contributed by atoms with Gasteiger partial charge in [0.2, 0.25) is 0 Å². The lowest BCUT2D eigenvalue weighted by atomic mass is 9.96. The first-order valence-electron chi connectivity index (χ1n) is 8.91. The summed E-state index contributed by atoms with van der Waals surface area (Å²) in [5.41, 5.74) is 1.24. The average Bonchev–Trinajstić information content (AvgIpc) is 3.32. The van der Waals surface area contributed by atoms with Crippen molar-refractivity contribution in [3.8, 4) is 0 Å². The summed E-state index contributed by atoms with van der Waals surface area (Å²) in [6.07, 6.45) is 4.63. The van der Waals surface area contributed by atoms with Gasteiger partial charge in [-0.05, 0) is 56.6 Å². The Balaban J connectivity index is 1.64. The van der Waals surface area contributed by atoms with Crippen LogP contribution < -0.4 is 10.6 Å². The summed E-state index contributed by atoms with van der Waals surface area (Å²) in [6, 6.07) is 10.7. The number of amides is 2. The van der Waals surface area contributed by atoms with Crippen LogP contribution in [-0.4, -0.2) is 42.9 Å². The molecule has 1 heterocycles. The molecule has 0 aliphatic heterocycles. The summed E-state index contributed by atoms with van der Waals surface area (Å²) in [5.74, 6) is -0.263. The fourth-order valence-corrected chi connectivity index (χ4v) is 4.12. The van der Waals surface area contributed by atoms with Gasteiger partial charge in [0.05, 0.1) is 4.88 Å². The smallest absolute Gasteiger partial charge is 0.265 e. The number of hydrogen-bond donors (Lipinski definition) is 2. The minimum Gasteiger partial charge on any atom is -0.350 e. The molecule has 0 atom stereocenters. The highest BCUT2D eigenvalue weighted by Crippen LogP contribution is 2.33. The van der Waals surface area contributed by atoms with E-state index in [1.54, 1.807) is 30.3 Å². The summed E-state index contributed by atoms with van der Waals surface area (Å²) in [5, 5.41) is 7.79. The Hall–Kier alpha value is -2.18. The molecule has 1 aliphatic carbocycles. The van der Waals surface area contributed by atoms with Gasteiger partial charge in [-0.3, -0.25) is 9.59 Å². The minimum atomic E-state index is -0.157. The van der Waals surface area contributed by atoms with E-state index in [0.717, 1.165) is 12.8 Å². The van der Waals surface area contributed by atoms with E-state index in [1.807, 2.05) is 11.4 Å². The summed E-state index contributed by atoms with van der Waals surface area (Å²) < 4.78 is 0. The molecule has 1 aliphatic rings. The predicted molar refractivity (Wildman–Crippen MR) is 106 cm³/mol. The molecule has 0 spiro atoms. The minimum absolute atomic E-state index is 0.0562. The molecule has 1 aromatic heterocycles. The van der Waals surface area contributed by atoms with Crippen molar-refractivity contribution in [2.75, 3.05) is 26.0 Å². The lowest BCUT2D eigenvalue weighted by molar-refractivity contribution is 0.0899. The van der Waals surface area contributed by atoms with Gasteiger partial charge in [-0.2, -0.15) is 0 Å². The molecule has 138 valence electrons. The number of benzene rings is 1. The first-order valence-corrected chi connectivity index (χ1v) is 9.79. The highest BCUT2D eigenvalue weighted by molar-refractivity contribution is 7.12. The van der Waals surface area contributed by atoms with E-state index >= 15 is 0 Å². The molecule has 0 unspecified atom stereocenters. The molecule has 2 aromatic rings. The standard InChI is InChI=1S/C20H25N3O2S/c1-23(2)20(10-3-4-11-20)14-21-18(24)15-7-5-8-16(13-15)22-19(25)17-9-6-12-26-17/h5-9,12-13H,3-4,10-11,14H2,1-2H3,(H,21,24)(H,22,25). The third-order valence-electron chi connectivity index (χ3n) is 5.19. The number of thiophene rings is 1. The van der Waals surface area contributed by atoms with Crippen molar-refractivity contribution < 1.29 is 9.59 Å². The largest absolute Gasteiger partial charge is 0.350 e. The van der Waals surface area contributed by atoms with E-state index in [0.29, 0.717) is 22.7 Å². The average molecular weight is 372 g/mol. The maximum absolute atomic E-state index is 12.6. The number of nitrogens with one attached hydrogen (secondary N) is 2. The topological polar surface area (TPSA) is 61.4 Å². The number of anilines is 1. The first-order chi connectivity index (χ1) is 12.5. The van der Waals surface area contributed by atoms with Gasteiger partial charge in [0.1, 0.15) is 0 Å². The van der Waals surface area contributed by atoms with Crippen LogP contribution in [0.2, 0.25) is 0 Å². The normalized spacial score (nSPS) is 15.8. The Kier molecular flexibility index (Phi) is 5.74. The number of carbonyl (C=O) groups is 2. The molecule has 1 saturated carbocycles. The zero-order chi connectivity index (χ0) is 18.6. The molecule has 3 rings (SSSR count). The van der Waals surface area contributed by atoms with E-state index in [4.69, 9.17) is 0 Å². The van der Waals surface area contributed by atoms with Crippen LogP contribution in [-0.2, 0) is 0 Å². The fraction of sp³-hybridized carbons (Fsp3) is 0.400. The summed E-state index contributed by atoms with van der Waals surface area (Å²) in [6.45, 7) is 0.643. The number of hydrogen-bond acceptors (Lipinski definition) is 4. The second kappa shape index (κ2) is 8.01. The second-order valence-electron chi connectivity index (χ2n) is 7.02. The summed E-state index contributed by atoms with van der Waals surface area (Å²) >= 11 is 1.39. The molecule has 0 radical (unpaired) electrons. The predicted octanol–water partition coefficient (Wildman–Crippen LogP) is 3.60. The van der Waals surface area contributed by atoms with Gasteiger partial charge in [0, 0.05) is 23.3 Å². The Bertz CT molecular complexity index is 765. The zero-order valence-corrected chi connectivity index (χ0v) is 16.1. The number of carbonyl (C=O) groups excluding carboxylic acids is 2. The lowest BCUT2D eigenvalue weighted by Crippen LogP contribution is -2.50. The van der Waals surface area contributed by atoms with Gasteiger partial charge < -0.3 is 15.5 Å². The molecule has 26 heavy (non-hydrogen) atoms. The SMILES string of the molecule is CN(C)C1(CNC(=O)c2cccc(NC(=O)c3cccs3)c2)CCCC1. The van der Waals surface area contributed by atoms with Crippen LogP contribution in [0.5, 0.6) is 0 Å². The van der Waals surface area contributed by atoms with Crippen LogP contribution in [0.3, 0.4) is 0 Å². The van der Waals surface area contributed by atoms with Crippen LogP contribution in [0.4, 0.5) is 5.69 Å². The van der Waals surface area contributed by atoms with E-state index in [2.05, 4.69) is 29.6 Å². The highest BCUT2D eigenvalue weighted by Gasteiger charge is 2.36. The number of rotatable bonds is 6. The van der Waals surface area contributed by atoms with E-state index in [9.17, 15) is 9.59 Å². The third kappa shape index (κ3) is 4.14. The monoisotopic (exact) mass is 371 g/mol. The quantitative estimate of drug-likeness (QED) is 0.815. The molecule has 0 saturated heterocycles. The molecule has 0 bridgehead atoms. The third-order valence-corrected chi connectivity index (χ3v) is 6.06. The molecular weight excluding hydrogens is 346 g/mol. The van der Waals surface area contributed by atoms with E-state index in [1.165, 1.54) is 24.2 Å². The van der Waals surface area contributed by atoms with Crippen LogP contribution in [0.1, 0.15) is 45.7 Å². The maximum Gasteiger partial charge on any atom is 0.265 e. The Morgan fingerprint density at radius 3 is 2.54 bits per heavy atom. The van der Waals surface area contributed by atoms with Gasteiger partial charge in [0.25, 0.3) is 11.8 Å². The zero-order valence-electron chi connectivity index (χ0n) is 15.2. The van der Waals surface area contributed by atoms with Crippen LogP contribution in [0, 0.1) is 0 Å². The fourth-order valence-electron chi connectivity index (χ4n) is 3.50. The molecule has 5 nitrogen and oxygen atoms in total. The molecular formula is C20H25N3O2S. The Morgan fingerprint density at radius 1 is 1.12 bits per heavy atom. The number of nitrogens with zero attached hydrogens (tertiary/aromatic N) is 1. The van der Waals surface area contributed by atoms with Crippen LogP contribution >= 0.6 is 11.3 Å². The summed E-state index contributed by atoms with van der Waals surface area (Å²) in [4.78, 5) is 27.6. The van der Waals surface area contributed by atoms with Crippen LogP contribution in [0.25, 0.3) is 0 Å². The van der Waals surface area contributed by atoms with Crippen molar-refractivity contribution >= 4 is 28.8 Å². The van der Waals surface area contributed by atoms with Crippen molar-refractivity contribution in [2.45, 2.75) is 31.2 Å². The van der Waals surface area contributed by atoms with E-state index < -0.39 is 0 Å². The van der Waals surface area contributed by atoms with Crippen molar-refractivity contribution in [1.82, 2.24) is 10.2 Å². The second-order valence-corrected chi connectivity index (χ2v) is 7.97. The highest BCUT2D eigenvalue weighted by atomic mass is 32.1. The van der Waals surface area contributed by atoms with Crippen LogP contribution in [0.15, 0.2) is 41.8 Å². The molecule has 2 amide bonds. The Morgan fingerprint density at radius 2 is 1.88 bits per heavy atom. The number of likely N-dealkylation sites (N-methyl/N-ethyl adjacent to an activating group) is 1. The van der Waals surface area contributed by atoms with Gasteiger partial charge >= 0.3 is 0 Å². The molecule has 1 fully saturated rings. The van der Waals surface area contributed by atoms with Gasteiger partial charge in [-0.1, -0.05) is 25.0 Å².